The number of carbonyl (C=O) groups is 1. The van der Waals surface area contributed by atoms with Crippen LogP contribution in [0.1, 0.15) is 25.3 Å². The zero-order chi connectivity index (χ0) is 15.5. The fourth-order valence-electron chi connectivity index (χ4n) is 2.25. The Morgan fingerprint density at radius 3 is 2.71 bits per heavy atom. The standard InChI is InChI=1S/C14H18F3N3O/c1-9-5-6-12(8-18-9)20-13(21)19-11-4-2-3-10(7-11)14(15,16)17/h2-4,7,9,12,18H,5-6,8H2,1H3,(H2,19,20,21). The van der Waals surface area contributed by atoms with Crippen LogP contribution in [0.5, 0.6) is 0 Å². The predicted octanol–water partition coefficient (Wildman–Crippen LogP) is 2.97. The zero-order valence-corrected chi connectivity index (χ0v) is 11.6. The van der Waals surface area contributed by atoms with Crippen LogP contribution in [0.25, 0.3) is 0 Å². The van der Waals surface area contributed by atoms with Gasteiger partial charge in [-0.2, -0.15) is 13.2 Å². The number of urea groups is 1. The van der Waals surface area contributed by atoms with Crippen molar-refractivity contribution >= 4 is 11.7 Å². The van der Waals surface area contributed by atoms with E-state index in [9.17, 15) is 18.0 Å². The van der Waals surface area contributed by atoms with Crippen molar-refractivity contribution in [3.8, 4) is 0 Å². The molecule has 1 aromatic rings. The SMILES string of the molecule is CC1CCC(NC(=O)Nc2cccc(C(F)(F)F)c2)CN1. The molecule has 1 aromatic carbocycles. The first-order chi connectivity index (χ1) is 9.84. The maximum atomic E-state index is 12.6. The van der Waals surface area contributed by atoms with E-state index in [0.717, 1.165) is 25.0 Å². The number of alkyl halides is 3. The van der Waals surface area contributed by atoms with E-state index in [4.69, 9.17) is 0 Å². The summed E-state index contributed by atoms with van der Waals surface area (Å²) in [5.74, 6) is 0. The van der Waals surface area contributed by atoms with E-state index in [-0.39, 0.29) is 11.7 Å². The smallest absolute Gasteiger partial charge is 0.334 e. The van der Waals surface area contributed by atoms with Crippen LogP contribution in [-0.2, 0) is 6.18 Å². The van der Waals surface area contributed by atoms with E-state index in [2.05, 4.69) is 22.9 Å². The molecule has 0 bridgehead atoms. The molecule has 21 heavy (non-hydrogen) atoms. The molecule has 0 saturated carbocycles. The second kappa shape index (κ2) is 6.34. The van der Waals surface area contributed by atoms with Gasteiger partial charge in [0.2, 0.25) is 0 Å². The Hall–Kier alpha value is -1.76. The number of rotatable bonds is 2. The van der Waals surface area contributed by atoms with Gasteiger partial charge in [-0.1, -0.05) is 6.07 Å². The predicted molar refractivity (Wildman–Crippen MR) is 74.1 cm³/mol. The van der Waals surface area contributed by atoms with Crippen molar-refractivity contribution in [2.24, 2.45) is 0 Å². The average Bonchev–Trinajstić information content (AvgIpc) is 2.41. The minimum atomic E-state index is -4.42. The Kier molecular flexibility index (Phi) is 4.72. The van der Waals surface area contributed by atoms with Gasteiger partial charge in [0.25, 0.3) is 0 Å². The van der Waals surface area contributed by atoms with Crippen molar-refractivity contribution in [2.45, 2.75) is 38.0 Å². The van der Waals surface area contributed by atoms with Crippen LogP contribution in [0.3, 0.4) is 0 Å². The fourth-order valence-corrected chi connectivity index (χ4v) is 2.25. The highest BCUT2D eigenvalue weighted by molar-refractivity contribution is 5.89. The Morgan fingerprint density at radius 1 is 1.33 bits per heavy atom. The summed E-state index contributed by atoms with van der Waals surface area (Å²) < 4.78 is 37.7. The normalized spacial score (nSPS) is 22.7. The third-order valence-electron chi connectivity index (χ3n) is 3.44. The highest BCUT2D eigenvalue weighted by Gasteiger charge is 2.30. The molecule has 1 aliphatic rings. The van der Waals surface area contributed by atoms with Gasteiger partial charge in [0, 0.05) is 24.3 Å². The first-order valence-electron chi connectivity index (χ1n) is 6.83. The Bertz CT molecular complexity index is 496. The number of amides is 2. The van der Waals surface area contributed by atoms with Crippen LogP contribution < -0.4 is 16.0 Å². The molecule has 0 radical (unpaired) electrons. The van der Waals surface area contributed by atoms with E-state index < -0.39 is 17.8 Å². The Labute approximate surface area is 121 Å². The summed E-state index contributed by atoms with van der Waals surface area (Å²) in [6.45, 7) is 2.73. The summed E-state index contributed by atoms with van der Waals surface area (Å²) in [5.41, 5.74) is -0.659. The van der Waals surface area contributed by atoms with Crippen LogP contribution in [0.4, 0.5) is 23.7 Å². The van der Waals surface area contributed by atoms with Gasteiger partial charge in [0.05, 0.1) is 5.56 Å². The highest BCUT2D eigenvalue weighted by Crippen LogP contribution is 2.30. The highest BCUT2D eigenvalue weighted by atomic mass is 19.4. The van der Waals surface area contributed by atoms with E-state index in [1.165, 1.54) is 12.1 Å². The molecular weight excluding hydrogens is 283 g/mol. The van der Waals surface area contributed by atoms with Gasteiger partial charge in [0.15, 0.2) is 0 Å². The Balaban J connectivity index is 1.91. The number of benzene rings is 1. The molecular formula is C14H18F3N3O. The van der Waals surface area contributed by atoms with Gasteiger partial charge in [-0.25, -0.2) is 4.79 Å². The number of hydrogen-bond acceptors (Lipinski definition) is 2. The lowest BCUT2D eigenvalue weighted by atomic mass is 10.0. The fraction of sp³-hybridized carbons (Fsp3) is 0.500. The topological polar surface area (TPSA) is 53.2 Å². The van der Waals surface area contributed by atoms with Crippen molar-refractivity contribution in [2.75, 3.05) is 11.9 Å². The number of anilines is 1. The van der Waals surface area contributed by atoms with E-state index >= 15 is 0 Å². The third-order valence-corrected chi connectivity index (χ3v) is 3.44. The summed E-state index contributed by atoms with van der Waals surface area (Å²) in [5, 5.41) is 8.43. The van der Waals surface area contributed by atoms with E-state index in [1.807, 2.05) is 0 Å². The molecule has 1 saturated heterocycles. The molecule has 0 aliphatic carbocycles. The molecule has 1 heterocycles. The molecule has 0 spiro atoms. The molecule has 1 fully saturated rings. The lowest BCUT2D eigenvalue weighted by Gasteiger charge is -2.28. The van der Waals surface area contributed by atoms with E-state index in [0.29, 0.717) is 12.6 Å². The van der Waals surface area contributed by atoms with Crippen molar-refractivity contribution in [3.05, 3.63) is 29.8 Å². The van der Waals surface area contributed by atoms with Gasteiger partial charge >= 0.3 is 12.2 Å². The van der Waals surface area contributed by atoms with Crippen molar-refractivity contribution in [1.29, 1.82) is 0 Å². The van der Waals surface area contributed by atoms with Crippen molar-refractivity contribution < 1.29 is 18.0 Å². The van der Waals surface area contributed by atoms with Crippen molar-refractivity contribution in [3.63, 3.8) is 0 Å². The average molecular weight is 301 g/mol. The molecule has 4 nitrogen and oxygen atoms in total. The lowest BCUT2D eigenvalue weighted by molar-refractivity contribution is -0.137. The first-order valence-corrected chi connectivity index (χ1v) is 6.83. The Morgan fingerprint density at radius 2 is 2.10 bits per heavy atom. The van der Waals surface area contributed by atoms with Crippen LogP contribution in [0.15, 0.2) is 24.3 Å². The van der Waals surface area contributed by atoms with Crippen LogP contribution in [0, 0.1) is 0 Å². The number of nitrogens with one attached hydrogen (secondary N) is 3. The zero-order valence-electron chi connectivity index (χ0n) is 11.6. The maximum Gasteiger partial charge on any atom is 0.416 e. The monoisotopic (exact) mass is 301 g/mol. The molecule has 2 unspecified atom stereocenters. The van der Waals surface area contributed by atoms with Crippen LogP contribution >= 0.6 is 0 Å². The molecule has 3 N–H and O–H groups in total. The molecule has 0 aromatic heterocycles. The second-order valence-electron chi connectivity index (χ2n) is 5.26. The second-order valence-corrected chi connectivity index (χ2v) is 5.26. The maximum absolute atomic E-state index is 12.6. The molecule has 2 amide bonds. The number of piperidine rings is 1. The number of halogens is 3. The summed E-state index contributed by atoms with van der Waals surface area (Å²) >= 11 is 0. The molecule has 2 atom stereocenters. The number of carbonyl (C=O) groups excluding carboxylic acids is 1. The molecule has 2 rings (SSSR count). The lowest BCUT2D eigenvalue weighted by Crippen LogP contribution is -2.49. The van der Waals surface area contributed by atoms with Crippen molar-refractivity contribution in [1.82, 2.24) is 10.6 Å². The van der Waals surface area contributed by atoms with E-state index in [1.54, 1.807) is 0 Å². The summed E-state index contributed by atoms with van der Waals surface area (Å²) in [7, 11) is 0. The first kappa shape index (κ1) is 15.6. The summed E-state index contributed by atoms with van der Waals surface area (Å²) in [4.78, 5) is 11.8. The minimum absolute atomic E-state index is 0.00741. The minimum Gasteiger partial charge on any atom is -0.334 e. The van der Waals surface area contributed by atoms with Gasteiger partial charge in [-0.3, -0.25) is 0 Å². The van der Waals surface area contributed by atoms with Gasteiger partial charge in [0.1, 0.15) is 0 Å². The molecule has 1 aliphatic heterocycles. The van der Waals surface area contributed by atoms with Gasteiger partial charge < -0.3 is 16.0 Å². The molecule has 116 valence electrons. The third kappa shape index (κ3) is 4.63. The van der Waals surface area contributed by atoms with Crippen LogP contribution in [-0.4, -0.2) is 24.7 Å². The summed E-state index contributed by atoms with van der Waals surface area (Å²) in [6, 6.07) is 4.51. The largest absolute Gasteiger partial charge is 0.416 e. The quantitative estimate of drug-likeness (QED) is 0.786. The van der Waals surface area contributed by atoms with Crippen LogP contribution in [0.2, 0.25) is 0 Å². The summed E-state index contributed by atoms with van der Waals surface area (Å²) in [6.07, 6.45) is -2.61. The molecule has 7 heteroatoms. The van der Waals surface area contributed by atoms with Gasteiger partial charge in [-0.15, -0.1) is 0 Å². The number of hydrogen-bond donors (Lipinski definition) is 3. The van der Waals surface area contributed by atoms with Gasteiger partial charge in [-0.05, 0) is 38.0 Å².